The molecule has 1 atom stereocenters. The Morgan fingerprint density at radius 2 is 2.20 bits per heavy atom. The molecule has 2 heterocycles. The third-order valence-electron chi connectivity index (χ3n) is 5.14. The number of ether oxygens (including phenoxy) is 1. The number of aliphatic hydroxyl groups is 1. The average molecular weight is 338 g/mol. The summed E-state index contributed by atoms with van der Waals surface area (Å²) in [5.74, 6) is 1.10. The summed E-state index contributed by atoms with van der Waals surface area (Å²) in [6, 6.07) is 11.4. The number of nitrogens with one attached hydrogen (secondary N) is 1. The lowest BCUT2D eigenvalue weighted by Crippen LogP contribution is -2.48. The maximum atomic E-state index is 12.7. The highest BCUT2D eigenvalue weighted by Crippen LogP contribution is 2.32. The fourth-order valence-electron chi connectivity index (χ4n) is 3.62. The van der Waals surface area contributed by atoms with Crippen LogP contribution in [0.25, 0.3) is 0 Å². The number of pyridine rings is 1. The number of hydrogen-bond acceptors (Lipinski definition) is 4. The quantitative estimate of drug-likeness (QED) is 0.876. The number of hydrogen-bond donors (Lipinski definition) is 2. The van der Waals surface area contributed by atoms with Crippen LogP contribution >= 0.6 is 0 Å². The minimum absolute atomic E-state index is 0.0182. The van der Waals surface area contributed by atoms with Crippen LogP contribution < -0.4 is 10.1 Å². The molecule has 1 aromatic heterocycles. The van der Waals surface area contributed by atoms with Gasteiger partial charge in [-0.3, -0.25) is 9.78 Å². The molecule has 2 aliphatic rings. The van der Waals surface area contributed by atoms with Crippen LogP contribution in [0.2, 0.25) is 0 Å². The zero-order valence-corrected chi connectivity index (χ0v) is 14.0. The second kappa shape index (κ2) is 6.84. The van der Waals surface area contributed by atoms with E-state index >= 15 is 0 Å². The van der Waals surface area contributed by atoms with Crippen LogP contribution in [0.5, 0.6) is 5.75 Å². The molecule has 0 radical (unpaired) electrons. The smallest absolute Gasteiger partial charge is 0.251 e. The van der Waals surface area contributed by atoms with Gasteiger partial charge >= 0.3 is 0 Å². The van der Waals surface area contributed by atoms with Crippen LogP contribution in [0, 0.1) is 5.92 Å². The highest BCUT2D eigenvalue weighted by atomic mass is 16.5. The summed E-state index contributed by atoms with van der Waals surface area (Å²) in [7, 11) is 0. The molecule has 1 aliphatic carbocycles. The monoisotopic (exact) mass is 338 g/mol. The van der Waals surface area contributed by atoms with E-state index in [0.29, 0.717) is 24.5 Å². The van der Waals surface area contributed by atoms with Crippen molar-refractivity contribution in [3.8, 4) is 5.75 Å². The number of nitrogens with zero attached hydrogens (tertiary/aromatic N) is 1. The van der Waals surface area contributed by atoms with Crippen LogP contribution in [-0.2, 0) is 12.8 Å². The number of amides is 1. The number of benzene rings is 1. The minimum atomic E-state index is -0.245. The van der Waals surface area contributed by atoms with Crippen LogP contribution in [-0.4, -0.2) is 34.8 Å². The van der Waals surface area contributed by atoms with E-state index in [0.717, 1.165) is 36.3 Å². The molecule has 25 heavy (non-hydrogen) atoms. The van der Waals surface area contributed by atoms with E-state index in [4.69, 9.17) is 4.74 Å². The van der Waals surface area contributed by atoms with Crippen molar-refractivity contribution in [3.63, 3.8) is 0 Å². The van der Waals surface area contributed by atoms with E-state index in [2.05, 4.69) is 10.3 Å². The van der Waals surface area contributed by atoms with Gasteiger partial charge in [0, 0.05) is 36.3 Å². The summed E-state index contributed by atoms with van der Waals surface area (Å²) in [6.45, 7) is 0.683. The Morgan fingerprint density at radius 3 is 2.96 bits per heavy atom. The van der Waals surface area contributed by atoms with Crippen LogP contribution in [0.4, 0.5) is 0 Å². The Morgan fingerprint density at radius 1 is 1.32 bits per heavy atom. The lowest BCUT2D eigenvalue weighted by molar-refractivity contribution is 0.0238. The summed E-state index contributed by atoms with van der Waals surface area (Å²) in [4.78, 5) is 17.1. The predicted molar refractivity (Wildman–Crippen MR) is 93.6 cm³/mol. The normalized spacial score (nSPS) is 22.4. The number of aliphatic hydroxyl groups excluding tert-OH is 1. The molecule has 1 saturated carbocycles. The molecule has 5 nitrogen and oxygen atoms in total. The van der Waals surface area contributed by atoms with Crippen molar-refractivity contribution < 1.29 is 14.6 Å². The van der Waals surface area contributed by atoms with Gasteiger partial charge < -0.3 is 15.2 Å². The SMILES string of the molecule is O=C(NC(Cc1ccccn1)C1CC(O)C1)c1ccc2c(c1)CCO2. The summed E-state index contributed by atoms with van der Waals surface area (Å²) in [5, 5.41) is 12.8. The first-order chi connectivity index (χ1) is 12.2. The highest BCUT2D eigenvalue weighted by Gasteiger charge is 2.35. The zero-order valence-electron chi connectivity index (χ0n) is 14.0. The third-order valence-corrected chi connectivity index (χ3v) is 5.14. The zero-order chi connectivity index (χ0) is 17.2. The van der Waals surface area contributed by atoms with Crippen LogP contribution in [0.15, 0.2) is 42.6 Å². The van der Waals surface area contributed by atoms with E-state index in [1.54, 1.807) is 6.20 Å². The van der Waals surface area contributed by atoms with Gasteiger partial charge in [-0.25, -0.2) is 0 Å². The number of carbonyl (C=O) groups excluding carboxylic acids is 1. The Hall–Kier alpha value is -2.40. The molecule has 1 amide bonds. The number of fused-ring (bicyclic) bond motifs is 1. The van der Waals surface area contributed by atoms with Gasteiger partial charge in [0.25, 0.3) is 5.91 Å². The molecule has 2 aromatic rings. The first kappa shape index (κ1) is 16.1. The molecule has 2 N–H and O–H groups in total. The maximum Gasteiger partial charge on any atom is 0.251 e. The van der Waals surface area contributed by atoms with Crippen molar-refractivity contribution in [2.24, 2.45) is 5.92 Å². The summed E-state index contributed by atoms with van der Waals surface area (Å²) in [5.41, 5.74) is 2.71. The highest BCUT2D eigenvalue weighted by molar-refractivity contribution is 5.94. The Bertz CT molecular complexity index is 757. The van der Waals surface area contributed by atoms with Crippen molar-refractivity contribution in [1.82, 2.24) is 10.3 Å². The maximum absolute atomic E-state index is 12.7. The number of aromatic nitrogens is 1. The van der Waals surface area contributed by atoms with E-state index in [1.807, 2.05) is 36.4 Å². The van der Waals surface area contributed by atoms with Crippen LogP contribution in [0.1, 0.15) is 34.5 Å². The summed E-state index contributed by atoms with van der Waals surface area (Å²) in [6.07, 6.45) is 4.52. The average Bonchev–Trinajstić information content (AvgIpc) is 3.07. The second-order valence-corrected chi connectivity index (χ2v) is 6.91. The molecule has 1 aliphatic heterocycles. The molecule has 1 fully saturated rings. The van der Waals surface area contributed by atoms with Crippen molar-refractivity contribution in [2.45, 2.75) is 37.8 Å². The fourth-order valence-corrected chi connectivity index (χ4v) is 3.62. The molecular formula is C20H22N2O3. The molecule has 0 spiro atoms. The summed E-state index contributed by atoms with van der Waals surface area (Å²) >= 11 is 0. The lowest BCUT2D eigenvalue weighted by Gasteiger charge is -2.38. The lowest BCUT2D eigenvalue weighted by atomic mass is 9.76. The van der Waals surface area contributed by atoms with Gasteiger partial charge in [-0.2, -0.15) is 0 Å². The van der Waals surface area contributed by atoms with Crippen molar-refractivity contribution in [2.75, 3.05) is 6.61 Å². The van der Waals surface area contributed by atoms with Crippen LogP contribution in [0.3, 0.4) is 0 Å². The second-order valence-electron chi connectivity index (χ2n) is 6.91. The van der Waals surface area contributed by atoms with Crippen molar-refractivity contribution in [3.05, 3.63) is 59.4 Å². The Labute approximate surface area is 147 Å². The van der Waals surface area contributed by atoms with Gasteiger partial charge in [-0.15, -0.1) is 0 Å². The van der Waals surface area contributed by atoms with E-state index in [-0.39, 0.29) is 18.1 Å². The predicted octanol–water partition coefficient (Wildman–Crippen LogP) is 2.13. The molecule has 1 unspecified atom stereocenters. The van der Waals surface area contributed by atoms with E-state index in [1.165, 1.54) is 0 Å². The van der Waals surface area contributed by atoms with E-state index < -0.39 is 0 Å². The first-order valence-electron chi connectivity index (χ1n) is 8.83. The number of rotatable bonds is 5. The molecular weight excluding hydrogens is 316 g/mol. The molecule has 130 valence electrons. The fraction of sp³-hybridized carbons (Fsp3) is 0.400. The largest absolute Gasteiger partial charge is 0.493 e. The van der Waals surface area contributed by atoms with Gasteiger partial charge in [0.2, 0.25) is 0 Å². The van der Waals surface area contributed by atoms with Gasteiger partial charge in [0.05, 0.1) is 12.7 Å². The molecule has 5 heteroatoms. The molecule has 4 rings (SSSR count). The molecule has 0 bridgehead atoms. The van der Waals surface area contributed by atoms with Crippen molar-refractivity contribution in [1.29, 1.82) is 0 Å². The molecule has 1 aromatic carbocycles. The van der Waals surface area contributed by atoms with Gasteiger partial charge in [-0.1, -0.05) is 6.07 Å². The molecule has 0 saturated heterocycles. The summed E-state index contributed by atoms with van der Waals surface area (Å²) < 4.78 is 5.50. The third kappa shape index (κ3) is 3.51. The van der Waals surface area contributed by atoms with E-state index in [9.17, 15) is 9.90 Å². The standard InChI is InChI=1S/C20H22N2O3/c23-17-10-15(11-17)18(12-16-3-1-2-7-21-16)22-20(24)14-4-5-19-13(9-14)6-8-25-19/h1-5,7,9,15,17-18,23H,6,8,10-12H2,(H,22,24). The topological polar surface area (TPSA) is 71.5 Å². The Kier molecular flexibility index (Phi) is 4.40. The number of carbonyl (C=O) groups is 1. The first-order valence-corrected chi connectivity index (χ1v) is 8.83. The van der Waals surface area contributed by atoms with Gasteiger partial charge in [0.1, 0.15) is 5.75 Å². The van der Waals surface area contributed by atoms with Gasteiger partial charge in [-0.05, 0) is 54.7 Å². The minimum Gasteiger partial charge on any atom is -0.493 e. The Balaban J connectivity index is 1.48. The van der Waals surface area contributed by atoms with Crippen molar-refractivity contribution >= 4 is 5.91 Å². The van der Waals surface area contributed by atoms with Gasteiger partial charge in [0.15, 0.2) is 0 Å².